The fraction of sp³-hybridized carbons (Fsp3) is 0.800. The number of nitrogens with one attached hydrogen (secondary N) is 2. The number of carbonyl (C=O) groups is 4. The number of methoxy groups -OCH3 is 2. The standard InChI is InChI=1S/C60H111N5O6/c1-12-16-18-20-22-24-26-28-30-32-34-36-38-40-42-44-56(67)65(54(15-4)50-71-11)58(52(7)8)60(69)62-46-48-63(9)47-45-61-59(68)57(51(5)6)64(53(14-3)49-70-10)55(66)43-41-39-37-35-33-31-29-27-25-23-21-19-17-13-2/h21-24,27-30,51-54,57-58H,12-20,25-26,31-50H2,1-11H3,(H,61,68)(H,62,69)/b23-21-,24-22-,29-27-,30-28-. The number of amides is 4. The molecule has 0 aromatic rings. The van der Waals surface area contributed by atoms with E-state index in [0.717, 1.165) is 89.9 Å². The number of nitrogens with zero attached hydrogens (tertiary/aromatic N) is 3. The number of rotatable bonds is 47. The number of hydrogen-bond acceptors (Lipinski definition) is 7. The van der Waals surface area contributed by atoms with E-state index in [0.29, 0.717) is 65.1 Å². The van der Waals surface area contributed by atoms with Crippen molar-refractivity contribution in [1.82, 2.24) is 25.3 Å². The average molecular weight is 999 g/mol. The van der Waals surface area contributed by atoms with Crippen LogP contribution in [0.1, 0.15) is 216 Å². The van der Waals surface area contributed by atoms with Crippen LogP contribution in [0.15, 0.2) is 48.6 Å². The number of ether oxygens (including phenoxy) is 2. The SMILES string of the molecule is CCCC/C=C\C/C=C\CCCCCCCC(=O)N(C(CC)COC)C(C(=O)NCCN(C)CCNC(=O)C(C(C)C)N(C(=O)CCCCCCC/C=C\C/C=C\CCCCC)C(CC)COC)C(C)C. The molecule has 412 valence electrons. The molecule has 0 saturated heterocycles. The predicted octanol–water partition coefficient (Wildman–Crippen LogP) is 12.9. The summed E-state index contributed by atoms with van der Waals surface area (Å²) < 4.78 is 11.1. The molecule has 0 aliphatic heterocycles. The van der Waals surface area contributed by atoms with Crippen LogP contribution < -0.4 is 10.6 Å². The molecular weight excluding hydrogens is 887 g/mol. The van der Waals surface area contributed by atoms with Gasteiger partial charge in [0.2, 0.25) is 23.6 Å². The first-order valence-corrected chi connectivity index (χ1v) is 28.8. The molecule has 0 rings (SSSR count). The van der Waals surface area contributed by atoms with E-state index >= 15 is 0 Å². The Morgan fingerprint density at radius 1 is 0.465 bits per heavy atom. The molecule has 0 fully saturated rings. The van der Waals surface area contributed by atoms with Crippen molar-refractivity contribution in [3.8, 4) is 0 Å². The summed E-state index contributed by atoms with van der Waals surface area (Å²) in [4.78, 5) is 61.5. The summed E-state index contributed by atoms with van der Waals surface area (Å²) in [6.07, 6.45) is 43.8. The van der Waals surface area contributed by atoms with Crippen molar-refractivity contribution in [2.45, 2.75) is 240 Å². The van der Waals surface area contributed by atoms with Gasteiger partial charge >= 0.3 is 0 Å². The lowest BCUT2D eigenvalue weighted by molar-refractivity contribution is -0.146. The normalized spacial score (nSPS) is 13.9. The first-order chi connectivity index (χ1) is 34.4. The van der Waals surface area contributed by atoms with Crippen LogP contribution in [0.4, 0.5) is 0 Å². The molecule has 2 N–H and O–H groups in total. The van der Waals surface area contributed by atoms with Crippen LogP contribution in [0.3, 0.4) is 0 Å². The van der Waals surface area contributed by atoms with Crippen LogP contribution in [0.5, 0.6) is 0 Å². The minimum atomic E-state index is -0.612. The van der Waals surface area contributed by atoms with E-state index in [1.165, 1.54) is 44.9 Å². The number of likely N-dealkylation sites (N-methyl/N-ethyl adjacent to an activating group) is 1. The van der Waals surface area contributed by atoms with Gasteiger partial charge < -0.3 is 34.8 Å². The molecule has 0 aliphatic rings. The topological polar surface area (TPSA) is 121 Å². The summed E-state index contributed by atoms with van der Waals surface area (Å²) in [5, 5.41) is 6.27. The highest BCUT2D eigenvalue weighted by molar-refractivity contribution is 5.89. The summed E-state index contributed by atoms with van der Waals surface area (Å²) in [7, 11) is 5.27. The third kappa shape index (κ3) is 33.2. The van der Waals surface area contributed by atoms with Gasteiger partial charge in [0.15, 0.2) is 0 Å². The summed E-state index contributed by atoms with van der Waals surface area (Å²) in [5.74, 6) is -0.455. The second kappa shape index (κ2) is 46.5. The molecule has 0 spiro atoms. The zero-order valence-electron chi connectivity index (χ0n) is 47.8. The van der Waals surface area contributed by atoms with Crippen LogP contribution in [-0.4, -0.2) is 123 Å². The smallest absolute Gasteiger partial charge is 0.243 e. The van der Waals surface area contributed by atoms with Gasteiger partial charge in [0, 0.05) is 53.2 Å². The number of allylic oxidation sites excluding steroid dienone is 8. The van der Waals surface area contributed by atoms with Crippen molar-refractivity contribution in [1.29, 1.82) is 0 Å². The Morgan fingerprint density at radius 2 is 0.803 bits per heavy atom. The van der Waals surface area contributed by atoms with Crippen LogP contribution in [-0.2, 0) is 28.7 Å². The molecule has 0 heterocycles. The van der Waals surface area contributed by atoms with Gasteiger partial charge in [-0.25, -0.2) is 0 Å². The van der Waals surface area contributed by atoms with Gasteiger partial charge in [-0.2, -0.15) is 0 Å². The van der Waals surface area contributed by atoms with Crippen molar-refractivity contribution in [2.75, 3.05) is 60.7 Å². The van der Waals surface area contributed by atoms with E-state index in [4.69, 9.17) is 9.47 Å². The van der Waals surface area contributed by atoms with E-state index in [2.05, 4.69) is 78.0 Å². The summed E-state index contributed by atoms with van der Waals surface area (Å²) in [6.45, 7) is 19.3. The second-order valence-electron chi connectivity index (χ2n) is 20.5. The van der Waals surface area contributed by atoms with E-state index in [9.17, 15) is 19.2 Å². The van der Waals surface area contributed by atoms with Gasteiger partial charge in [0.25, 0.3) is 0 Å². The number of carbonyl (C=O) groups excluding carboxylic acids is 4. The summed E-state index contributed by atoms with van der Waals surface area (Å²) >= 11 is 0. The van der Waals surface area contributed by atoms with Crippen LogP contribution >= 0.6 is 0 Å². The fourth-order valence-electron chi connectivity index (χ4n) is 9.15. The average Bonchev–Trinajstić information content (AvgIpc) is 3.34. The molecule has 4 amide bonds. The third-order valence-corrected chi connectivity index (χ3v) is 13.4. The minimum absolute atomic E-state index is 0.0134. The highest BCUT2D eigenvalue weighted by atomic mass is 16.5. The Kier molecular flexibility index (Phi) is 44.4. The van der Waals surface area contributed by atoms with E-state index in [1.54, 1.807) is 14.2 Å². The number of hydrogen-bond donors (Lipinski definition) is 2. The highest BCUT2D eigenvalue weighted by Crippen LogP contribution is 2.22. The van der Waals surface area contributed by atoms with Crippen LogP contribution in [0.2, 0.25) is 0 Å². The van der Waals surface area contributed by atoms with Crippen molar-refractivity contribution >= 4 is 23.6 Å². The lowest BCUT2D eigenvalue weighted by Crippen LogP contribution is -2.58. The largest absolute Gasteiger partial charge is 0.383 e. The zero-order chi connectivity index (χ0) is 52.9. The molecule has 0 aromatic carbocycles. The molecule has 4 unspecified atom stereocenters. The molecule has 0 aliphatic carbocycles. The van der Waals surface area contributed by atoms with E-state index in [1.807, 2.05) is 58.4 Å². The monoisotopic (exact) mass is 998 g/mol. The molecule has 71 heavy (non-hydrogen) atoms. The van der Waals surface area contributed by atoms with Gasteiger partial charge in [-0.1, -0.05) is 168 Å². The zero-order valence-corrected chi connectivity index (χ0v) is 47.8. The van der Waals surface area contributed by atoms with Crippen LogP contribution in [0.25, 0.3) is 0 Å². The van der Waals surface area contributed by atoms with E-state index < -0.39 is 12.1 Å². The van der Waals surface area contributed by atoms with Gasteiger partial charge in [0.05, 0.1) is 25.3 Å². The molecule has 4 atom stereocenters. The maximum Gasteiger partial charge on any atom is 0.243 e. The van der Waals surface area contributed by atoms with Crippen molar-refractivity contribution < 1.29 is 28.7 Å². The van der Waals surface area contributed by atoms with E-state index in [-0.39, 0.29) is 47.5 Å². The lowest BCUT2D eigenvalue weighted by atomic mass is 9.97. The summed E-state index contributed by atoms with van der Waals surface area (Å²) in [6, 6.07) is -1.62. The van der Waals surface area contributed by atoms with Crippen molar-refractivity contribution in [3.05, 3.63) is 48.6 Å². The first kappa shape index (κ1) is 67.7. The lowest BCUT2D eigenvalue weighted by Gasteiger charge is -2.39. The quantitative estimate of drug-likeness (QED) is 0.0460. The molecule has 0 aromatic heterocycles. The van der Waals surface area contributed by atoms with Crippen molar-refractivity contribution in [3.63, 3.8) is 0 Å². The Balaban J connectivity index is 5.20. The second-order valence-corrected chi connectivity index (χ2v) is 20.5. The third-order valence-electron chi connectivity index (χ3n) is 13.4. The molecule has 11 nitrogen and oxygen atoms in total. The first-order valence-electron chi connectivity index (χ1n) is 28.8. The maximum atomic E-state index is 14.0. The minimum Gasteiger partial charge on any atom is -0.383 e. The Hall–Kier alpha value is -3.28. The Morgan fingerprint density at radius 3 is 1.14 bits per heavy atom. The molecular formula is C60H111N5O6. The Bertz CT molecular complexity index is 1450. The van der Waals surface area contributed by atoms with Crippen molar-refractivity contribution in [2.24, 2.45) is 11.8 Å². The fourth-order valence-corrected chi connectivity index (χ4v) is 9.15. The maximum absolute atomic E-state index is 14.0. The molecule has 11 heteroatoms. The molecule has 0 saturated carbocycles. The van der Waals surface area contributed by atoms with Crippen LogP contribution in [0, 0.1) is 11.8 Å². The summed E-state index contributed by atoms with van der Waals surface area (Å²) in [5.41, 5.74) is 0. The molecule has 0 radical (unpaired) electrons. The predicted molar refractivity (Wildman–Crippen MR) is 300 cm³/mol. The van der Waals surface area contributed by atoms with Gasteiger partial charge in [-0.3, -0.25) is 19.2 Å². The number of unbranched alkanes of at least 4 members (excludes halogenated alkanes) is 15. The molecule has 0 bridgehead atoms. The van der Waals surface area contributed by atoms with Gasteiger partial charge in [-0.05, 0) is 102 Å². The van der Waals surface area contributed by atoms with Gasteiger partial charge in [-0.15, -0.1) is 0 Å². The van der Waals surface area contributed by atoms with Gasteiger partial charge in [0.1, 0.15) is 12.1 Å². The highest BCUT2D eigenvalue weighted by Gasteiger charge is 2.37. The Labute approximate surface area is 437 Å².